The van der Waals surface area contributed by atoms with Crippen molar-refractivity contribution in [2.24, 2.45) is 11.1 Å². The molecule has 0 amide bonds. The van der Waals surface area contributed by atoms with E-state index in [2.05, 4.69) is 13.8 Å². The van der Waals surface area contributed by atoms with Crippen LogP contribution in [0.5, 0.6) is 5.75 Å². The first-order valence-corrected chi connectivity index (χ1v) is 6.40. The predicted molar refractivity (Wildman–Crippen MR) is 66.4 cm³/mol. The monoisotopic (exact) mass is 255 g/mol. The molecule has 2 nitrogen and oxygen atoms in total. The molecule has 1 saturated carbocycles. The fourth-order valence-corrected chi connectivity index (χ4v) is 2.89. The molecular formula is C14H19F2NO. The number of halogens is 2. The predicted octanol–water partition coefficient (Wildman–Crippen LogP) is 3.25. The summed E-state index contributed by atoms with van der Waals surface area (Å²) in [4.78, 5) is 0. The smallest absolute Gasteiger partial charge is 0.165 e. The SMILES string of the molecule is CCC1(CC)C(N)CC1Oc1cc(F)ccc1F. The zero-order valence-corrected chi connectivity index (χ0v) is 10.7. The first kappa shape index (κ1) is 13.3. The largest absolute Gasteiger partial charge is 0.487 e. The van der Waals surface area contributed by atoms with Crippen molar-refractivity contribution in [1.29, 1.82) is 0 Å². The molecule has 1 fully saturated rings. The molecule has 1 aliphatic rings. The van der Waals surface area contributed by atoms with E-state index in [4.69, 9.17) is 10.5 Å². The normalized spacial score (nSPS) is 25.6. The molecule has 0 radical (unpaired) electrons. The Bertz CT molecular complexity index is 432. The lowest BCUT2D eigenvalue weighted by Crippen LogP contribution is -2.63. The van der Waals surface area contributed by atoms with Crippen LogP contribution in [0.25, 0.3) is 0 Å². The van der Waals surface area contributed by atoms with Gasteiger partial charge < -0.3 is 10.5 Å². The summed E-state index contributed by atoms with van der Waals surface area (Å²) in [6.07, 6.45) is 2.33. The van der Waals surface area contributed by atoms with Crippen LogP contribution in [0.3, 0.4) is 0 Å². The molecule has 1 aromatic carbocycles. The summed E-state index contributed by atoms with van der Waals surface area (Å²) in [6, 6.07) is 3.34. The molecule has 2 atom stereocenters. The average Bonchev–Trinajstić information content (AvgIpc) is 2.35. The molecule has 0 spiro atoms. The summed E-state index contributed by atoms with van der Waals surface area (Å²) in [7, 11) is 0. The lowest BCUT2D eigenvalue weighted by molar-refractivity contribution is -0.0738. The van der Waals surface area contributed by atoms with Crippen molar-refractivity contribution in [1.82, 2.24) is 0 Å². The van der Waals surface area contributed by atoms with Crippen molar-refractivity contribution in [2.75, 3.05) is 0 Å². The van der Waals surface area contributed by atoms with Gasteiger partial charge >= 0.3 is 0 Å². The molecule has 1 aliphatic carbocycles. The van der Waals surface area contributed by atoms with Gasteiger partial charge in [-0.15, -0.1) is 0 Å². The number of ether oxygens (including phenoxy) is 1. The van der Waals surface area contributed by atoms with Gasteiger partial charge in [0.1, 0.15) is 11.9 Å². The van der Waals surface area contributed by atoms with Crippen molar-refractivity contribution >= 4 is 0 Å². The van der Waals surface area contributed by atoms with Crippen molar-refractivity contribution < 1.29 is 13.5 Å². The van der Waals surface area contributed by atoms with Gasteiger partial charge in [-0.3, -0.25) is 0 Å². The van der Waals surface area contributed by atoms with Crippen molar-refractivity contribution in [2.45, 2.75) is 45.3 Å². The Morgan fingerprint density at radius 2 is 2.00 bits per heavy atom. The molecule has 4 heteroatoms. The molecule has 100 valence electrons. The van der Waals surface area contributed by atoms with Crippen LogP contribution in [0.1, 0.15) is 33.1 Å². The molecule has 2 N–H and O–H groups in total. The lowest BCUT2D eigenvalue weighted by atomic mass is 9.59. The highest BCUT2D eigenvalue weighted by molar-refractivity contribution is 5.26. The minimum absolute atomic E-state index is 0.0156. The third-order valence-corrected chi connectivity index (χ3v) is 4.33. The number of hydrogen-bond donors (Lipinski definition) is 1. The Morgan fingerprint density at radius 3 is 2.56 bits per heavy atom. The maximum absolute atomic E-state index is 13.5. The van der Waals surface area contributed by atoms with Crippen LogP contribution in [-0.2, 0) is 0 Å². The van der Waals surface area contributed by atoms with Crippen LogP contribution in [-0.4, -0.2) is 12.1 Å². The standard InChI is InChI=1S/C14H19F2NO/c1-3-14(4-2)12(17)8-13(14)18-11-7-9(15)5-6-10(11)16/h5-7,12-13H,3-4,8,17H2,1-2H3. The molecule has 2 unspecified atom stereocenters. The van der Waals surface area contributed by atoms with Crippen molar-refractivity contribution in [3.8, 4) is 5.75 Å². The zero-order valence-electron chi connectivity index (χ0n) is 10.7. The highest BCUT2D eigenvalue weighted by atomic mass is 19.1. The van der Waals surface area contributed by atoms with E-state index in [1.165, 1.54) is 0 Å². The summed E-state index contributed by atoms with van der Waals surface area (Å²) >= 11 is 0. The summed E-state index contributed by atoms with van der Waals surface area (Å²) in [5.74, 6) is -1.04. The fraction of sp³-hybridized carbons (Fsp3) is 0.571. The van der Waals surface area contributed by atoms with Crippen LogP contribution in [0.4, 0.5) is 8.78 Å². The highest BCUT2D eigenvalue weighted by Gasteiger charge is 2.52. The van der Waals surface area contributed by atoms with Crippen LogP contribution in [0.15, 0.2) is 18.2 Å². The summed E-state index contributed by atoms with van der Waals surface area (Å²) in [5, 5.41) is 0. The van der Waals surface area contributed by atoms with E-state index in [1.807, 2.05) is 0 Å². The minimum atomic E-state index is -0.530. The van der Waals surface area contributed by atoms with Crippen molar-refractivity contribution in [3.05, 3.63) is 29.8 Å². The maximum Gasteiger partial charge on any atom is 0.165 e. The Balaban J connectivity index is 2.17. The number of rotatable bonds is 4. The van der Waals surface area contributed by atoms with Gasteiger partial charge in [-0.25, -0.2) is 8.78 Å². The van der Waals surface area contributed by atoms with E-state index in [0.29, 0.717) is 6.42 Å². The van der Waals surface area contributed by atoms with Gasteiger partial charge in [0, 0.05) is 23.9 Å². The lowest BCUT2D eigenvalue weighted by Gasteiger charge is -2.53. The van der Waals surface area contributed by atoms with Crippen LogP contribution in [0, 0.1) is 17.0 Å². The van der Waals surface area contributed by atoms with Gasteiger partial charge in [0.2, 0.25) is 0 Å². The molecule has 1 aromatic rings. The van der Waals surface area contributed by atoms with E-state index in [-0.39, 0.29) is 23.3 Å². The molecule has 18 heavy (non-hydrogen) atoms. The Kier molecular flexibility index (Phi) is 3.57. The van der Waals surface area contributed by atoms with Gasteiger partial charge in [-0.05, 0) is 25.0 Å². The number of hydrogen-bond acceptors (Lipinski definition) is 2. The second kappa shape index (κ2) is 4.84. The molecule has 0 heterocycles. The van der Waals surface area contributed by atoms with Gasteiger partial charge in [-0.2, -0.15) is 0 Å². The van der Waals surface area contributed by atoms with E-state index in [1.54, 1.807) is 0 Å². The first-order chi connectivity index (χ1) is 8.53. The van der Waals surface area contributed by atoms with Gasteiger partial charge in [0.05, 0.1) is 0 Å². The van der Waals surface area contributed by atoms with E-state index >= 15 is 0 Å². The van der Waals surface area contributed by atoms with Gasteiger partial charge in [-0.1, -0.05) is 13.8 Å². The molecule has 2 rings (SSSR count). The van der Waals surface area contributed by atoms with Gasteiger partial charge in [0.25, 0.3) is 0 Å². The second-order valence-corrected chi connectivity index (χ2v) is 4.96. The van der Waals surface area contributed by atoms with Crippen LogP contribution >= 0.6 is 0 Å². The quantitative estimate of drug-likeness (QED) is 0.896. The minimum Gasteiger partial charge on any atom is -0.487 e. The van der Waals surface area contributed by atoms with Crippen LogP contribution < -0.4 is 10.5 Å². The Morgan fingerprint density at radius 1 is 1.33 bits per heavy atom. The molecule has 0 aromatic heterocycles. The molecule has 0 bridgehead atoms. The van der Waals surface area contributed by atoms with Crippen LogP contribution in [0.2, 0.25) is 0 Å². The third-order valence-electron chi connectivity index (χ3n) is 4.33. The Labute approximate surface area is 106 Å². The van der Waals surface area contributed by atoms with E-state index in [9.17, 15) is 8.78 Å². The Hall–Kier alpha value is -1.16. The molecule has 0 saturated heterocycles. The summed E-state index contributed by atoms with van der Waals surface area (Å²) in [5.41, 5.74) is 5.93. The van der Waals surface area contributed by atoms with Gasteiger partial charge in [0.15, 0.2) is 11.6 Å². The maximum atomic E-state index is 13.5. The van der Waals surface area contributed by atoms with E-state index < -0.39 is 11.6 Å². The second-order valence-electron chi connectivity index (χ2n) is 4.96. The topological polar surface area (TPSA) is 35.2 Å². The molecule has 0 aliphatic heterocycles. The summed E-state index contributed by atoms with van der Waals surface area (Å²) < 4.78 is 32.2. The highest BCUT2D eigenvalue weighted by Crippen LogP contribution is 2.48. The number of benzene rings is 1. The molecular weight excluding hydrogens is 236 g/mol. The average molecular weight is 255 g/mol. The fourth-order valence-electron chi connectivity index (χ4n) is 2.89. The van der Waals surface area contributed by atoms with E-state index in [0.717, 1.165) is 31.0 Å². The zero-order chi connectivity index (χ0) is 13.3. The summed E-state index contributed by atoms with van der Waals surface area (Å²) in [6.45, 7) is 4.11. The third kappa shape index (κ3) is 1.99. The first-order valence-electron chi connectivity index (χ1n) is 6.40. The van der Waals surface area contributed by atoms with Crippen molar-refractivity contribution in [3.63, 3.8) is 0 Å². The number of nitrogens with two attached hydrogens (primary N) is 1.